The first kappa shape index (κ1) is 12.0. The fraction of sp³-hybridized carbons (Fsp3) is 0.500. The molecule has 0 unspecified atom stereocenters. The molecule has 1 nitrogen and oxygen atoms in total. The van der Waals surface area contributed by atoms with Crippen molar-refractivity contribution in [2.24, 2.45) is 0 Å². The molecule has 74 valence electrons. The summed E-state index contributed by atoms with van der Waals surface area (Å²) in [5.74, 6) is 0. The Balaban J connectivity index is 0.000000671. The molecule has 0 amide bonds. The summed E-state index contributed by atoms with van der Waals surface area (Å²) in [6.07, 6.45) is 0. The molecule has 0 aliphatic rings. The predicted octanol–water partition coefficient (Wildman–Crippen LogP) is 3.40. The number of hydrogen-bond acceptors (Lipinski definition) is 1. The summed E-state index contributed by atoms with van der Waals surface area (Å²) in [6.45, 7) is 8.27. The first-order valence-electron chi connectivity index (χ1n) is 4.86. The Kier molecular flexibility index (Phi) is 5.20. The van der Waals surface area contributed by atoms with Gasteiger partial charge in [-0.1, -0.05) is 19.9 Å². The quantitative estimate of drug-likeness (QED) is 0.638. The molecule has 0 bridgehead atoms. The highest BCUT2D eigenvalue weighted by atomic mass is 15.1. The van der Waals surface area contributed by atoms with E-state index in [2.05, 4.69) is 51.0 Å². The maximum atomic E-state index is 2.20. The maximum absolute atomic E-state index is 2.20. The summed E-state index contributed by atoms with van der Waals surface area (Å²) in [4.78, 5) is 2.12. The minimum atomic E-state index is 1.27. The zero-order chi connectivity index (χ0) is 10.4. The van der Waals surface area contributed by atoms with E-state index in [-0.39, 0.29) is 0 Å². The molecule has 1 rings (SSSR count). The van der Waals surface area contributed by atoms with E-state index in [1.165, 1.54) is 16.8 Å². The minimum absolute atomic E-state index is 1.27. The minimum Gasteiger partial charge on any atom is -0.378 e. The van der Waals surface area contributed by atoms with Crippen LogP contribution in [0.3, 0.4) is 0 Å². The lowest BCUT2D eigenvalue weighted by Crippen LogP contribution is -2.08. The third-order valence-corrected chi connectivity index (χ3v) is 2.01. The van der Waals surface area contributed by atoms with Crippen LogP contribution in [0.4, 0.5) is 5.69 Å². The van der Waals surface area contributed by atoms with Crippen LogP contribution < -0.4 is 4.90 Å². The van der Waals surface area contributed by atoms with Crippen molar-refractivity contribution < 1.29 is 0 Å². The van der Waals surface area contributed by atoms with E-state index in [1.807, 2.05) is 13.8 Å². The maximum Gasteiger partial charge on any atom is 0.0363 e. The molecule has 0 spiro atoms. The van der Waals surface area contributed by atoms with Gasteiger partial charge < -0.3 is 4.90 Å². The molecule has 0 heterocycles. The third kappa shape index (κ3) is 3.49. The van der Waals surface area contributed by atoms with Gasteiger partial charge in [-0.25, -0.2) is 0 Å². The van der Waals surface area contributed by atoms with Crippen molar-refractivity contribution in [3.8, 4) is 0 Å². The largest absolute Gasteiger partial charge is 0.378 e. The van der Waals surface area contributed by atoms with Crippen LogP contribution in [0.1, 0.15) is 25.0 Å². The second-order valence-electron chi connectivity index (χ2n) is 3.16. The van der Waals surface area contributed by atoms with Gasteiger partial charge in [0, 0.05) is 19.8 Å². The van der Waals surface area contributed by atoms with Crippen molar-refractivity contribution >= 4 is 5.69 Å². The SMILES string of the molecule is CC.Cc1ccc(N(C)C)cc1C. The highest BCUT2D eigenvalue weighted by Crippen LogP contribution is 2.15. The molecule has 0 fully saturated rings. The first-order valence-corrected chi connectivity index (χ1v) is 4.86. The fourth-order valence-corrected chi connectivity index (χ4v) is 1.00. The Morgan fingerprint density at radius 2 is 1.46 bits per heavy atom. The summed E-state index contributed by atoms with van der Waals surface area (Å²) in [6, 6.07) is 6.50. The van der Waals surface area contributed by atoms with Gasteiger partial charge in [0.1, 0.15) is 0 Å². The van der Waals surface area contributed by atoms with Crippen molar-refractivity contribution in [1.29, 1.82) is 0 Å². The summed E-state index contributed by atoms with van der Waals surface area (Å²) in [7, 11) is 4.12. The van der Waals surface area contributed by atoms with E-state index in [0.717, 1.165) is 0 Å². The molecule has 0 atom stereocenters. The van der Waals surface area contributed by atoms with Crippen LogP contribution in [0.5, 0.6) is 0 Å². The van der Waals surface area contributed by atoms with Crippen molar-refractivity contribution in [2.75, 3.05) is 19.0 Å². The van der Waals surface area contributed by atoms with Crippen molar-refractivity contribution in [3.63, 3.8) is 0 Å². The van der Waals surface area contributed by atoms with Crippen molar-refractivity contribution in [2.45, 2.75) is 27.7 Å². The lowest BCUT2D eigenvalue weighted by Gasteiger charge is -2.13. The third-order valence-electron chi connectivity index (χ3n) is 2.01. The van der Waals surface area contributed by atoms with E-state index < -0.39 is 0 Å². The standard InChI is InChI=1S/C10H15N.C2H6/c1-8-5-6-10(11(3)4)7-9(8)2;1-2/h5-7H,1-4H3;1-2H3. The fourth-order valence-electron chi connectivity index (χ4n) is 1.00. The normalized spacial score (nSPS) is 8.77. The molecule has 0 saturated carbocycles. The number of benzene rings is 1. The molecule has 0 aromatic heterocycles. The van der Waals surface area contributed by atoms with Crippen LogP contribution in [0.15, 0.2) is 18.2 Å². The summed E-state index contributed by atoms with van der Waals surface area (Å²) in [5, 5.41) is 0. The van der Waals surface area contributed by atoms with E-state index in [9.17, 15) is 0 Å². The lowest BCUT2D eigenvalue weighted by molar-refractivity contribution is 1.12. The van der Waals surface area contributed by atoms with Gasteiger partial charge in [-0.3, -0.25) is 0 Å². The molecule has 0 aliphatic carbocycles. The monoisotopic (exact) mass is 179 g/mol. The number of nitrogens with zero attached hydrogens (tertiary/aromatic N) is 1. The molecule has 0 aliphatic heterocycles. The van der Waals surface area contributed by atoms with Crippen molar-refractivity contribution in [1.82, 2.24) is 0 Å². The summed E-state index contributed by atoms with van der Waals surface area (Å²) < 4.78 is 0. The Bertz CT molecular complexity index is 251. The number of aryl methyl sites for hydroxylation is 2. The highest BCUT2D eigenvalue weighted by Gasteiger charge is 1.96. The molecule has 1 aromatic carbocycles. The van der Waals surface area contributed by atoms with Crippen LogP contribution in [-0.2, 0) is 0 Å². The zero-order valence-corrected chi connectivity index (χ0v) is 9.68. The molecule has 13 heavy (non-hydrogen) atoms. The second kappa shape index (κ2) is 5.63. The Labute approximate surface area is 82.4 Å². The molecular weight excluding hydrogens is 158 g/mol. The van der Waals surface area contributed by atoms with Gasteiger partial charge in [0.05, 0.1) is 0 Å². The van der Waals surface area contributed by atoms with Crippen LogP contribution in [0.25, 0.3) is 0 Å². The Morgan fingerprint density at radius 1 is 0.923 bits per heavy atom. The number of anilines is 1. The Morgan fingerprint density at radius 3 is 1.85 bits per heavy atom. The van der Waals surface area contributed by atoms with Gasteiger partial charge in [0.15, 0.2) is 0 Å². The topological polar surface area (TPSA) is 3.24 Å². The summed E-state index contributed by atoms with van der Waals surface area (Å²) in [5.41, 5.74) is 3.99. The van der Waals surface area contributed by atoms with Gasteiger partial charge >= 0.3 is 0 Å². The first-order chi connectivity index (χ1) is 6.11. The van der Waals surface area contributed by atoms with Gasteiger partial charge in [-0.15, -0.1) is 0 Å². The van der Waals surface area contributed by atoms with Gasteiger partial charge in [0.2, 0.25) is 0 Å². The predicted molar refractivity (Wildman–Crippen MR) is 61.6 cm³/mol. The van der Waals surface area contributed by atoms with E-state index in [4.69, 9.17) is 0 Å². The highest BCUT2D eigenvalue weighted by molar-refractivity contribution is 5.49. The van der Waals surface area contributed by atoms with Crippen LogP contribution >= 0.6 is 0 Å². The van der Waals surface area contributed by atoms with E-state index in [1.54, 1.807) is 0 Å². The average Bonchev–Trinajstić information content (AvgIpc) is 2.13. The second-order valence-corrected chi connectivity index (χ2v) is 3.16. The molecule has 0 N–H and O–H groups in total. The number of rotatable bonds is 1. The molecule has 0 radical (unpaired) electrons. The van der Waals surface area contributed by atoms with Gasteiger partial charge in [0.25, 0.3) is 0 Å². The molecule has 1 aromatic rings. The van der Waals surface area contributed by atoms with Crippen LogP contribution in [-0.4, -0.2) is 14.1 Å². The zero-order valence-electron chi connectivity index (χ0n) is 9.68. The van der Waals surface area contributed by atoms with Gasteiger partial charge in [-0.2, -0.15) is 0 Å². The van der Waals surface area contributed by atoms with Crippen molar-refractivity contribution in [3.05, 3.63) is 29.3 Å². The molecule has 1 heteroatoms. The molecular formula is C12H21N. The van der Waals surface area contributed by atoms with Gasteiger partial charge in [-0.05, 0) is 37.1 Å². The van der Waals surface area contributed by atoms with E-state index in [0.29, 0.717) is 0 Å². The molecule has 0 saturated heterocycles. The number of hydrogen-bond donors (Lipinski definition) is 0. The Hall–Kier alpha value is -0.980. The smallest absolute Gasteiger partial charge is 0.0363 e. The van der Waals surface area contributed by atoms with Crippen LogP contribution in [0.2, 0.25) is 0 Å². The van der Waals surface area contributed by atoms with Crippen LogP contribution in [0, 0.1) is 13.8 Å². The lowest BCUT2D eigenvalue weighted by atomic mass is 10.1. The average molecular weight is 179 g/mol. The van der Waals surface area contributed by atoms with E-state index >= 15 is 0 Å². The summed E-state index contributed by atoms with van der Waals surface area (Å²) >= 11 is 0.